The summed E-state index contributed by atoms with van der Waals surface area (Å²) in [5, 5.41) is 4.07. The first kappa shape index (κ1) is 13.7. The Morgan fingerprint density at radius 1 is 0.700 bits per heavy atom. The average Bonchev–Trinajstić information content (AvgIpc) is 2.92. The van der Waals surface area contributed by atoms with E-state index in [9.17, 15) is 0 Å². The van der Waals surface area contributed by atoms with Gasteiger partial charge < -0.3 is 0 Å². The molecular formula is C16H24N2O2. The number of anilines is 2. The van der Waals surface area contributed by atoms with Gasteiger partial charge in [0.15, 0.2) is 0 Å². The Balaban J connectivity index is 1.74. The first-order valence-electron chi connectivity index (χ1n) is 7.84. The third-order valence-corrected chi connectivity index (χ3v) is 3.91. The topological polar surface area (TPSA) is 24.9 Å². The van der Waals surface area contributed by atoms with Crippen molar-refractivity contribution in [1.82, 2.24) is 0 Å². The fraction of sp³-hybridized carbons (Fsp3) is 0.625. The Morgan fingerprint density at radius 3 is 1.80 bits per heavy atom. The fourth-order valence-electron chi connectivity index (χ4n) is 2.76. The zero-order valence-corrected chi connectivity index (χ0v) is 12.1. The molecule has 0 atom stereocenters. The van der Waals surface area contributed by atoms with E-state index >= 15 is 0 Å². The second-order valence-corrected chi connectivity index (χ2v) is 5.51. The van der Waals surface area contributed by atoms with Crippen LogP contribution < -0.4 is 10.1 Å². The SMILES string of the molecule is c1cc(N2CCCCCO2)cc(N2CCCCCO2)c1. The Bertz CT molecular complexity index is 373. The van der Waals surface area contributed by atoms with Gasteiger partial charge in [0.25, 0.3) is 0 Å². The molecule has 2 aliphatic heterocycles. The van der Waals surface area contributed by atoms with Gasteiger partial charge in [0.2, 0.25) is 0 Å². The van der Waals surface area contributed by atoms with E-state index in [1.54, 1.807) is 0 Å². The van der Waals surface area contributed by atoms with Gasteiger partial charge in [0.1, 0.15) is 0 Å². The van der Waals surface area contributed by atoms with Crippen molar-refractivity contribution in [2.75, 3.05) is 36.4 Å². The maximum Gasteiger partial charge on any atom is 0.0748 e. The second kappa shape index (κ2) is 6.95. The minimum atomic E-state index is 0.824. The molecule has 1 aromatic carbocycles. The van der Waals surface area contributed by atoms with Gasteiger partial charge in [-0.25, -0.2) is 0 Å². The zero-order valence-electron chi connectivity index (χ0n) is 12.1. The van der Waals surface area contributed by atoms with Crippen LogP contribution in [0.1, 0.15) is 38.5 Å². The molecule has 20 heavy (non-hydrogen) atoms. The van der Waals surface area contributed by atoms with E-state index in [1.807, 2.05) is 10.1 Å². The van der Waals surface area contributed by atoms with Crippen LogP contribution in [0, 0.1) is 0 Å². The summed E-state index contributed by atoms with van der Waals surface area (Å²) in [5.74, 6) is 0. The lowest BCUT2D eigenvalue weighted by atomic mass is 10.2. The summed E-state index contributed by atoms with van der Waals surface area (Å²) in [5.41, 5.74) is 2.27. The highest BCUT2D eigenvalue weighted by Gasteiger charge is 2.14. The number of benzene rings is 1. The maximum atomic E-state index is 5.83. The lowest BCUT2D eigenvalue weighted by Crippen LogP contribution is -2.25. The van der Waals surface area contributed by atoms with E-state index < -0.39 is 0 Å². The molecule has 4 heteroatoms. The van der Waals surface area contributed by atoms with E-state index in [-0.39, 0.29) is 0 Å². The van der Waals surface area contributed by atoms with Crippen LogP contribution in [0.5, 0.6) is 0 Å². The highest BCUT2D eigenvalue weighted by Crippen LogP contribution is 2.26. The molecule has 0 unspecified atom stereocenters. The van der Waals surface area contributed by atoms with Gasteiger partial charge in [0, 0.05) is 13.1 Å². The first-order valence-corrected chi connectivity index (χ1v) is 7.84. The van der Waals surface area contributed by atoms with E-state index in [4.69, 9.17) is 9.68 Å². The molecule has 2 aliphatic rings. The average molecular weight is 276 g/mol. The minimum Gasteiger partial charge on any atom is -0.273 e. The Kier molecular flexibility index (Phi) is 4.77. The van der Waals surface area contributed by atoms with Crippen LogP contribution in [0.2, 0.25) is 0 Å². The normalized spacial score (nSPS) is 21.4. The van der Waals surface area contributed by atoms with Crippen molar-refractivity contribution in [2.45, 2.75) is 38.5 Å². The lowest BCUT2D eigenvalue weighted by molar-refractivity contribution is 0.116. The van der Waals surface area contributed by atoms with Crippen molar-refractivity contribution in [3.63, 3.8) is 0 Å². The third-order valence-electron chi connectivity index (χ3n) is 3.91. The van der Waals surface area contributed by atoms with E-state index in [2.05, 4.69) is 24.3 Å². The summed E-state index contributed by atoms with van der Waals surface area (Å²) >= 11 is 0. The Hall–Kier alpha value is -1.26. The molecule has 0 aliphatic carbocycles. The first-order chi connectivity index (χ1) is 9.93. The number of hydroxylamine groups is 2. The summed E-state index contributed by atoms with van der Waals surface area (Å²) in [7, 11) is 0. The number of nitrogens with zero attached hydrogens (tertiary/aromatic N) is 2. The van der Waals surface area contributed by atoms with Gasteiger partial charge in [0.05, 0.1) is 24.6 Å². The van der Waals surface area contributed by atoms with Crippen LogP contribution in [0.4, 0.5) is 11.4 Å². The standard InChI is InChI=1S/C16H24N2O2/c1-3-10-17(19-12-5-1)15-8-7-9-16(14-15)18-11-4-2-6-13-20-18/h7-9,14H,1-6,10-13H2. The molecule has 2 fully saturated rings. The smallest absolute Gasteiger partial charge is 0.0748 e. The molecular weight excluding hydrogens is 252 g/mol. The van der Waals surface area contributed by atoms with Crippen molar-refractivity contribution < 1.29 is 9.68 Å². The van der Waals surface area contributed by atoms with Gasteiger partial charge in [-0.2, -0.15) is 0 Å². The molecule has 0 radical (unpaired) electrons. The van der Waals surface area contributed by atoms with Crippen molar-refractivity contribution >= 4 is 11.4 Å². The molecule has 0 aromatic heterocycles. The summed E-state index contributed by atoms with van der Waals surface area (Å²) in [6, 6.07) is 8.50. The van der Waals surface area contributed by atoms with Crippen LogP contribution in [0.3, 0.4) is 0 Å². The van der Waals surface area contributed by atoms with Crippen molar-refractivity contribution in [1.29, 1.82) is 0 Å². The highest BCUT2D eigenvalue weighted by molar-refractivity contribution is 5.57. The van der Waals surface area contributed by atoms with E-state index in [1.165, 1.54) is 25.7 Å². The molecule has 2 heterocycles. The zero-order chi connectivity index (χ0) is 13.6. The van der Waals surface area contributed by atoms with Crippen molar-refractivity contribution in [2.24, 2.45) is 0 Å². The molecule has 1 aromatic rings. The van der Waals surface area contributed by atoms with Crippen LogP contribution in [-0.4, -0.2) is 26.3 Å². The third kappa shape index (κ3) is 3.44. The molecule has 2 saturated heterocycles. The lowest BCUT2D eigenvalue weighted by Gasteiger charge is -2.25. The molecule has 0 spiro atoms. The highest BCUT2D eigenvalue weighted by atomic mass is 16.7. The van der Waals surface area contributed by atoms with Gasteiger partial charge in [-0.1, -0.05) is 6.07 Å². The fourth-order valence-corrected chi connectivity index (χ4v) is 2.76. The Morgan fingerprint density at radius 2 is 1.25 bits per heavy atom. The Labute approximate surface area is 121 Å². The maximum absolute atomic E-state index is 5.83. The number of hydrogen-bond donors (Lipinski definition) is 0. The number of hydrogen-bond acceptors (Lipinski definition) is 4. The van der Waals surface area contributed by atoms with Gasteiger partial charge in [-0.15, -0.1) is 0 Å². The van der Waals surface area contributed by atoms with Crippen LogP contribution in [0.25, 0.3) is 0 Å². The van der Waals surface area contributed by atoms with Crippen LogP contribution in [0.15, 0.2) is 24.3 Å². The quantitative estimate of drug-likeness (QED) is 0.825. The summed E-state index contributed by atoms with van der Waals surface area (Å²) in [6.45, 7) is 3.60. The van der Waals surface area contributed by atoms with Crippen molar-refractivity contribution in [3.05, 3.63) is 24.3 Å². The predicted octanol–water partition coefficient (Wildman–Crippen LogP) is 3.53. The predicted molar refractivity (Wildman–Crippen MR) is 80.7 cm³/mol. The second-order valence-electron chi connectivity index (χ2n) is 5.51. The molecule has 0 saturated carbocycles. The summed E-state index contributed by atoms with van der Waals surface area (Å²) in [6.07, 6.45) is 7.22. The molecule has 3 rings (SSSR count). The van der Waals surface area contributed by atoms with Crippen LogP contribution in [-0.2, 0) is 9.68 Å². The van der Waals surface area contributed by atoms with Gasteiger partial charge in [-0.05, 0) is 56.7 Å². The van der Waals surface area contributed by atoms with E-state index in [0.29, 0.717) is 0 Å². The van der Waals surface area contributed by atoms with Gasteiger partial charge in [-0.3, -0.25) is 19.8 Å². The largest absolute Gasteiger partial charge is 0.273 e. The van der Waals surface area contributed by atoms with Gasteiger partial charge >= 0.3 is 0 Å². The van der Waals surface area contributed by atoms with Crippen molar-refractivity contribution in [3.8, 4) is 0 Å². The molecule has 4 nitrogen and oxygen atoms in total. The molecule has 0 amide bonds. The number of rotatable bonds is 2. The monoisotopic (exact) mass is 276 g/mol. The summed E-state index contributed by atoms with van der Waals surface area (Å²) in [4.78, 5) is 11.7. The van der Waals surface area contributed by atoms with Crippen LogP contribution >= 0.6 is 0 Å². The molecule has 110 valence electrons. The minimum absolute atomic E-state index is 0.824. The molecule has 0 bridgehead atoms. The summed E-state index contributed by atoms with van der Waals surface area (Å²) < 4.78 is 0. The molecule has 0 N–H and O–H groups in total. The van der Waals surface area contributed by atoms with E-state index in [0.717, 1.165) is 50.5 Å².